The maximum Gasteiger partial charge on any atom is 0.310 e. The van der Waals surface area contributed by atoms with Crippen LogP contribution in [0.3, 0.4) is 0 Å². The van der Waals surface area contributed by atoms with Gasteiger partial charge >= 0.3 is 5.97 Å². The average molecular weight is 375 g/mol. The smallest absolute Gasteiger partial charge is 0.310 e. The van der Waals surface area contributed by atoms with Crippen LogP contribution in [0.15, 0.2) is 66.8 Å². The Kier molecular flexibility index (Phi) is 3.55. The molecular formula is C23H21NO4. The van der Waals surface area contributed by atoms with Crippen LogP contribution in [-0.2, 0) is 14.3 Å². The molecule has 0 aliphatic carbocycles. The molecule has 2 bridgehead atoms. The largest absolute Gasteiger partial charge is 0.481 e. The van der Waals surface area contributed by atoms with E-state index in [-0.39, 0.29) is 11.9 Å². The van der Waals surface area contributed by atoms with Crippen LogP contribution in [0.4, 0.5) is 5.69 Å². The predicted molar refractivity (Wildman–Crippen MR) is 106 cm³/mol. The lowest BCUT2D eigenvalue weighted by molar-refractivity contribution is -0.146. The van der Waals surface area contributed by atoms with E-state index >= 15 is 0 Å². The second-order valence-corrected chi connectivity index (χ2v) is 8.02. The minimum absolute atomic E-state index is 0.179. The van der Waals surface area contributed by atoms with E-state index in [0.717, 1.165) is 22.0 Å². The van der Waals surface area contributed by atoms with Crippen molar-refractivity contribution in [3.05, 3.63) is 66.8 Å². The Labute approximate surface area is 162 Å². The van der Waals surface area contributed by atoms with Gasteiger partial charge in [-0.1, -0.05) is 54.1 Å². The lowest BCUT2D eigenvalue weighted by Crippen LogP contribution is -2.45. The Bertz CT molecular complexity index is 1050. The summed E-state index contributed by atoms with van der Waals surface area (Å²) in [6, 6.07) is 13.4. The molecule has 5 heteroatoms. The van der Waals surface area contributed by atoms with Gasteiger partial charge in [-0.2, -0.15) is 0 Å². The fraction of sp³-hybridized carbons (Fsp3) is 0.304. The lowest BCUT2D eigenvalue weighted by Gasteiger charge is -2.34. The summed E-state index contributed by atoms with van der Waals surface area (Å²) in [5.74, 6) is -2.74. The van der Waals surface area contributed by atoms with Gasteiger partial charge in [0.1, 0.15) is 11.5 Å². The number of carbonyl (C=O) groups excluding carboxylic acids is 1. The van der Waals surface area contributed by atoms with Gasteiger partial charge in [-0.15, -0.1) is 6.58 Å². The molecule has 3 heterocycles. The second-order valence-electron chi connectivity index (χ2n) is 8.02. The molecule has 2 aromatic rings. The third kappa shape index (κ3) is 2.11. The number of fused-ring (bicyclic) bond motifs is 2. The molecule has 2 fully saturated rings. The number of carboxylic acid groups (broad SMARTS) is 1. The number of hydrogen-bond donors (Lipinski definition) is 1. The summed E-state index contributed by atoms with van der Waals surface area (Å²) in [5, 5.41) is 11.8. The maximum absolute atomic E-state index is 13.6. The van der Waals surface area contributed by atoms with Gasteiger partial charge in [-0.05, 0) is 24.8 Å². The van der Waals surface area contributed by atoms with Crippen LogP contribution < -0.4 is 4.90 Å². The molecule has 28 heavy (non-hydrogen) atoms. The molecule has 5 nitrogen and oxygen atoms in total. The number of amides is 1. The number of ether oxygens (including phenoxy) is 1. The SMILES string of the molecule is C=C(C)C[C@H]1N(c2cccc3ccccc23)C(=O)[C@@H]2[C@@H](C(=O)O)[C@@H]3C=C[C@]21O3. The van der Waals surface area contributed by atoms with Crippen molar-refractivity contribution >= 4 is 28.3 Å². The monoisotopic (exact) mass is 375 g/mol. The Hall–Kier alpha value is -2.92. The number of rotatable bonds is 4. The van der Waals surface area contributed by atoms with Crippen LogP contribution in [0.2, 0.25) is 0 Å². The van der Waals surface area contributed by atoms with Gasteiger partial charge in [-0.3, -0.25) is 9.59 Å². The fourth-order valence-electron chi connectivity index (χ4n) is 5.22. The highest BCUT2D eigenvalue weighted by atomic mass is 16.5. The number of benzene rings is 2. The van der Waals surface area contributed by atoms with E-state index in [2.05, 4.69) is 6.58 Å². The van der Waals surface area contributed by atoms with Gasteiger partial charge in [0, 0.05) is 5.39 Å². The molecule has 5 atom stereocenters. The van der Waals surface area contributed by atoms with Gasteiger partial charge in [0.25, 0.3) is 0 Å². The first-order valence-electron chi connectivity index (χ1n) is 9.49. The van der Waals surface area contributed by atoms with E-state index in [4.69, 9.17) is 4.74 Å². The Balaban J connectivity index is 1.71. The molecule has 2 saturated heterocycles. The van der Waals surface area contributed by atoms with Crippen LogP contribution in [-0.4, -0.2) is 34.7 Å². The number of aliphatic carboxylic acids is 1. The molecule has 1 N–H and O–H groups in total. The van der Waals surface area contributed by atoms with Gasteiger partial charge in [-0.25, -0.2) is 0 Å². The standard InChI is InChI=1S/C23H21NO4/c1-13(2)12-18-23-11-10-17(28-23)19(22(26)27)20(23)21(25)24(18)16-9-5-7-14-6-3-4-8-15(14)16/h3-11,17-20H,1,12H2,2H3,(H,26,27)/t17-,18+,19-,20-,23+/m0/s1. The molecule has 0 aromatic heterocycles. The van der Waals surface area contributed by atoms with Crippen LogP contribution in [0.1, 0.15) is 13.3 Å². The highest BCUT2D eigenvalue weighted by molar-refractivity contribution is 6.09. The molecular weight excluding hydrogens is 354 g/mol. The second kappa shape index (κ2) is 5.79. The Morgan fingerprint density at radius 1 is 1.25 bits per heavy atom. The molecule has 1 spiro atoms. The number of anilines is 1. The first-order chi connectivity index (χ1) is 13.4. The van der Waals surface area contributed by atoms with Crippen molar-refractivity contribution in [2.24, 2.45) is 11.8 Å². The zero-order valence-corrected chi connectivity index (χ0v) is 15.5. The summed E-state index contributed by atoms with van der Waals surface area (Å²) in [7, 11) is 0. The van der Waals surface area contributed by atoms with E-state index in [1.807, 2.05) is 55.5 Å². The maximum atomic E-state index is 13.6. The highest BCUT2D eigenvalue weighted by Crippen LogP contribution is 2.57. The summed E-state index contributed by atoms with van der Waals surface area (Å²) in [6.45, 7) is 5.97. The molecule has 0 unspecified atom stereocenters. The molecule has 5 rings (SSSR count). The first-order valence-corrected chi connectivity index (χ1v) is 9.49. The van der Waals surface area contributed by atoms with E-state index in [1.165, 1.54) is 0 Å². The quantitative estimate of drug-likeness (QED) is 0.830. The Morgan fingerprint density at radius 3 is 2.75 bits per heavy atom. The number of carboxylic acids is 1. The number of carbonyl (C=O) groups is 2. The van der Waals surface area contributed by atoms with Crippen molar-refractivity contribution in [2.45, 2.75) is 31.1 Å². The molecule has 1 amide bonds. The molecule has 0 radical (unpaired) electrons. The minimum atomic E-state index is -0.983. The number of hydrogen-bond acceptors (Lipinski definition) is 3. The van der Waals surface area contributed by atoms with E-state index in [1.54, 1.807) is 11.0 Å². The summed E-state index contributed by atoms with van der Waals surface area (Å²) in [5.41, 5.74) is 0.806. The molecule has 142 valence electrons. The summed E-state index contributed by atoms with van der Waals surface area (Å²) in [4.78, 5) is 27.4. The van der Waals surface area contributed by atoms with Crippen molar-refractivity contribution in [3.63, 3.8) is 0 Å². The topological polar surface area (TPSA) is 66.8 Å². The fourth-order valence-corrected chi connectivity index (χ4v) is 5.22. The third-order valence-corrected chi connectivity index (χ3v) is 6.27. The highest BCUT2D eigenvalue weighted by Gasteiger charge is 2.71. The van der Waals surface area contributed by atoms with Crippen LogP contribution in [0, 0.1) is 11.8 Å². The van der Waals surface area contributed by atoms with Gasteiger partial charge in [0.15, 0.2) is 0 Å². The molecule has 0 saturated carbocycles. The summed E-state index contributed by atoms with van der Waals surface area (Å²) in [6.07, 6.45) is 3.72. The summed E-state index contributed by atoms with van der Waals surface area (Å²) < 4.78 is 6.21. The predicted octanol–water partition coefficient (Wildman–Crippen LogP) is 3.55. The van der Waals surface area contributed by atoms with Crippen molar-refractivity contribution in [1.29, 1.82) is 0 Å². The van der Waals surface area contributed by atoms with Gasteiger partial charge in [0.05, 0.1) is 23.8 Å². The van der Waals surface area contributed by atoms with Gasteiger partial charge in [0.2, 0.25) is 5.91 Å². The van der Waals surface area contributed by atoms with Crippen LogP contribution >= 0.6 is 0 Å². The third-order valence-electron chi connectivity index (χ3n) is 6.27. The summed E-state index contributed by atoms with van der Waals surface area (Å²) >= 11 is 0. The minimum Gasteiger partial charge on any atom is -0.481 e. The van der Waals surface area contributed by atoms with Crippen molar-refractivity contribution in [3.8, 4) is 0 Å². The van der Waals surface area contributed by atoms with Crippen molar-refractivity contribution in [2.75, 3.05) is 4.90 Å². The van der Waals surface area contributed by atoms with E-state index < -0.39 is 29.5 Å². The first kappa shape index (κ1) is 17.2. The average Bonchev–Trinajstić information content (AvgIpc) is 3.30. The van der Waals surface area contributed by atoms with E-state index in [0.29, 0.717) is 6.42 Å². The molecule has 3 aliphatic rings. The van der Waals surface area contributed by atoms with Gasteiger partial charge < -0.3 is 14.7 Å². The normalized spacial score (nSPS) is 32.9. The van der Waals surface area contributed by atoms with E-state index in [9.17, 15) is 14.7 Å². The van der Waals surface area contributed by atoms with Crippen molar-refractivity contribution < 1.29 is 19.4 Å². The van der Waals surface area contributed by atoms with Crippen LogP contribution in [0.5, 0.6) is 0 Å². The number of nitrogens with zero attached hydrogens (tertiary/aromatic N) is 1. The molecule has 2 aromatic carbocycles. The molecule has 3 aliphatic heterocycles. The van der Waals surface area contributed by atoms with Crippen LogP contribution in [0.25, 0.3) is 10.8 Å². The Morgan fingerprint density at radius 2 is 2.00 bits per heavy atom. The van der Waals surface area contributed by atoms with Crippen molar-refractivity contribution in [1.82, 2.24) is 0 Å². The lowest BCUT2D eigenvalue weighted by atomic mass is 9.74. The zero-order valence-electron chi connectivity index (χ0n) is 15.5. The zero-order chi connectivity index (χ0) is 19.6.